The highest BCUT2D eigenvalue weighted by Gasteiger charge is 2.44. The maximum absolute atomic E-state index is 13.4. The molecule has 2 heterocycles. The largest absolute Gasteiger partial charge is 0.454 e. The normalized spacial score (nSPS) is 19.9. The highest BCUT2D eigenvalue weighted by molar-refractivity contribution is 9.11. The summed E-state index contributed by atoms with van der Waals surface area (Å²) in [5.74, 6) is 0.949. The molecule has 2 unspecified atom stereocenters. The lowest BCUT2D eigenvalue weighted by Gasteiger charge is -2.24. The fourth-order valence-electron chi connectivity index (χ4n) is 5.19. The monoisotopic (exact) mass is 585 g/mol. The lowest BCUT2D eigenvalue weighted by molar-refractivity contribution is -0.117. The molecule has 0 saturated heterocycles. The third kappa shape index (κ3) is 3.34. The fraction of sp³-hybridized carbons (Fsp3) is 0.192. The van der Waals surface area contributed by atoms with Gasteiger partial charge in [0.25, 0.3) is 0 Å². The van der Waals surface area contributed by atoms with Gasteiger partial charge in [-0.15, -0.1) is 0 Å². The number of nitrogens with one attached hydrogen (secondary N) is 1. The van der Waals surface area contributed by atoms with E-state index < -0.39 is 0 Å². The fourth-order valence-corrected chi connectivity index (χ4v) is 6.70. The number of amides is 1. The maximum atomic E-state index is 13.4. The first-order valence-electron chi connectivity index (χ1n) is 10.6. The maximum Gasteiger partial charge on any atom is 0.233 e. The zero-order valence-corrected chi connectivity index (χ0v) is 21.5. The van der Waals surface area contributed by atoms with Crippen LogP contribution < -0.4 is 14.8 Å². The molecule has 0 spiro atoms. The van der Waals surface area contributed by atoms with E-state index >= 15 is 0 Å². The minimum Gasteiger partial charge on any atom is -0.454 e. The van der Waals surface area contributed by atoms with Gasteiger partial charge in [0.15, 0.2) is 11.5 Å². The lowest BCUT2D eigenvalue weighted by Crippen LogP contribution is -2.21. The molecule has 33 heavy (non-hydrogen) atoms. The number of ether oxygens (including phenoxy) is 2. The number of fused-ring (bicyclic) bond motifs is 3. The summed E-state index contributed by atoms with van der Waals surface area (Å²) in [5.41, 5.74) is 7.37. The van der Waals surface area contributed by atoms with Gasteiger partial charge in [-0.3, -0.25) is 4.79 Å². The van der Waals surface area contributed by atoms with Crippen molar-refractivity contribution in [3.8, 4) is 11.5 Å². The van der Waals surface area contributed by atoms with E-state index in [0.29, 0.717) is 22.9 Å². The van der Waals surface area contributed by atoms with E-state index in [1.807, 2.05) is 30.3 Å². The molecule has 2 aliphatic heterocycles. The Bertz CT molecular complexity index is 1380. The Hall–Kier alpha value is -2.28. The second-order valence-electron chi connectivity index (χ2n) is 8.52. The highest BCUT2D eigenvalue weighted by atomic mass is 79.9. The first-order chi connectivity index (χ1) is 15.9. The number of anilines is 1. The summed E-state index contributed by atoms with van der Waals surface area (Å²) < 4.78 is 12.9. The number of hydrogen-bond donors (Lipinski definition) is 1. The van der Waals surface area contributed by atoms with Crippen molar-refractivity contribution >= 4 is 61.1 Å². The van der Waals surface area contributed by atoms with Crippen LogP contribution in [0.3, 0.4) is 0 Å². The minimum absolute atomic E-state index is 0.0105. The molecule has 3 aliphatic rings. The van der Waals surface area contributed by atoms with Gasteiger partial charge >= 0.3 is 0 Å². The van der Waals surface area contributed by atoms with Gasteiger partial charge in [0.1, 0.15) is 0 Å². The zero-order chi connectivity index (χ0) is 22.9. The van der Waals surface area contributed by atoms with E-state index in [2.05, 4.69) is 62.3 Å². The third-order valence-corrected chi connectivity index (χ3v) is 8.51. The van der Waals surface area contributed by atoms with E-state index in [4.69, 9.17) is 21.1 Å². The third-order valence-electron chi connectivity index (χ3n) is 6.71. The van der Waals surface area contributed by atoms with Crippen molar-refractivity contribution in [3.05, 3.63) is 89.8 Å². The van der Waals surface area contributed by atoms with E-state index in [1.165, 1.54) is 0 Å². The van der Waals surface area contributed by atoms with Crippen LogP contribution in [0, 0.1) is 6.92 Å². The molecule has 0 aromatic heterocycles. The predicted molar refractivity (Wildman–Crippen MR) is 136 cm³/mol. The Labute approximate surface area is 213 Å². The summed E-state index contributed by atoms with van der Waals surface area (Å²) in [7, 11) is 0. The zero-order valence-electron chi connectivity index (χ0n) is 17.5. The Balaban J connectivity index is 1.48. The van der Waals surface area contributed by atoms with E-state index in [9.17, 15) is 4.79 Å². The number of hydrogen-bond acceptors (Lipinski definition) is 3. The van der Waals surface area contributed by atoms with Gasteiger partial charge in [-0.25, -0.2) is 0 Å². The van der Waals surface area contributed by atoms with E-state index in [-0.39, 0.29) is 24.5 Å². The summed E-state index contributed by atoms with van der Waals surface area (Å²) in [4.78, 5) is 13.4. The van der Waals surface area contributed by atoms with Gasteiger partial charge in [-0.1, -0.05) is 63.4 Å². The average Bonchev–Trinajstić information content (AvgIpc) is 3.47. The van der Waals surface area contributed by atoms with Crippen LogP contribution in [-0.4, -0.2) is 12.7 Å². The second-order valence-corrected chi connectivity index (χ2v) is 10.6. The molecule has 3 aromatic carbocycles. The minimum atomic E-state index is -0.337. The molecule has 4 nitrogen and oxygen atoms in total. The number of carbonyl (C=O) groups excluding carboxylic acids is 1. The molecule has 0 saturated carbocycles. The molecular formula is C26H18Br2ClNO3. The van der Waals surface area contributed by atoms with Crippen LogP contribution in [0.2, 0.25) is 5.02 Å². The van der Waals surface area contributed by atoms with Crippen molar-refractivity contribution in [2.24, 2.45) is 0 Å². The van der Waals surface area contributed by atoms with Gasteiger partial charge in [0, 0.05) is 26.0 Å². The molecule has 0 fully saturated rings. The summed E-state index contributed by atoms with van der Waals surface area (Å²) in [6.45, 7) is 2.26. The van der Waals surface area contributed by atoms with Gasteiger partial charge in [0.05, 0.1) is 11.6 Å². The van der Waals surface area contributed by atoms with Crippen LogP contribution in [0.25, 0.3) is 6.08 Å². The molecular weight excluding hydrogens is 570 g/mol. The van der Waals surface area contributed by atoms with Crippen LogP contribution in [0.4, 0.5) is 5.69 Å². The van der Waals surface area contributed by atoms with Crippen LogP contribution >= 0.6 is 43.5 Å². The molecule has 3 aromatic rings. The van der Waals surface area contributed by atoms with Crippen molar-refractivity contribution in [2.75, 3.05) is 12.1 Å². The number of benzene rings is 3. The van der Waals surface area contributed by atoms with E-state index in [1.54, 1.807) is 0 Å². The lowest BCUT2D eigenvalue weighted by atomic mass is 9.77. The summed E-state index contributed by atoms with van der Waals surface area (Å²) in [6.07, 6.45) is 2.82. The topological polar surface area (TPSA) is 47.6 Å². The molecule has 0 radical (unpaired) electrons. The average molecular weight is 588 g/mol. The second kappa shape index (κ2) is 7.90. The number of carbonyl (C=O) groups is 1. The van der Waals surface area contributed by atoms with Crippen LogP contribution in [-0.2, 0) is 11.2 Å². The Kier molecular flexibility index (Phi) is 5.09. The van der Waals surface area contributed by atoms with Gasteiger partial charge in [0.2, 0.25) is 12.7 Å². The van der Waals surface area contributed by atoms with Gasteiger partial charge < -0.3 is 14.8 Å². The van der Waals surface area contributed by atoms with Crippen molar-refractivity contribution in [1.82, 2.24) is 0 Å². The van der Waals surface area contributed by atoms with Crippen LogP contribution in [0.5, 0.6) is 11.5 Å². The first-order valence-corrected chi connectivity index (χ1v) is 12.6. The van der Waals surface area contributed by atoms with Crippen molar-refractivity contribution in [3.63, 3.8) is 0 Å². The number of allylic oxidation sites excluding steroid dienone is 1. The van der Waals surface area contributed by atoms with Crippen molar-refractivity contribution in [2.45, 2.75) is 25.2 Å². The summed E-state index contributed by atoms with van der Waals surface area (Å²) in [5, 5.41) is 3.76. The SMILES string of the molecule is Cc1c(Br)cc(Br)c2c1C(C1C(Cc3cc4c(cc3Cl)OCO4)=Cc3ccccc31)C(=O)N2. The Morgan fingerprint density at radius 2 is 1.82 bits per heavy atom. The molecule has 7 heteroatoms. The Morgan fingerprint density at radius 1 is 1.06 bits per heavy atom. The molecule has 0 bridgehead atoms. The van der Waals surface area contributed by atoms with Crippen molar-refractivity contribution in [1.29, 1.82) is 0 Å². The number of rotatable bonds is 3. The molecule has 1 aliphatic carbocycles. The smallest absolute Gasteiger partial charge is 0.233 e. The molecule has 1 N–H and O–H groups in total. The van der Waals surface area contributed by atoms with Crippen LogP contribution in [0.1, 0.15) is 39.7 Å². The van der Waals surface area contributed by atoms with Gasteiger partial charge in [-0.2, -0.15) is 0 Å². The quantitative estimate of drug-likeness (QED) is 0.348. The van der Waals surface area contributed by atoms with Gasteiger partial charge in [-0.05, 0) is 69.2 Å². The molecule has 6 rings (SSSR count). The Morgan fingerprint density at radius 3 is 2.64 bits per heavy atom. The highest BCUT2D eigenvalue weighted by Crippen LogP contribution is 2.54. The van der Waals surface area contributed by atoms with Crippen LogP contribution in [0.15, 0.2) is 57.0 Å². The molecule has 166 valence electrons. The summed E-state index contributed by atoms with van der Waals surface area (Å²) in [6, 6.07) is 14.0. The predicted octanol–water partition coefficient (Wildman–Crippen LogP) is 7.36. The standard InChI is InChI=1S/C26H18Br2ClNO3/c1-12-17(27)9-18(28)25-22(12)24(26(31)30-25)23-15(6-13-4-2-3-5-16(13)23)7-14-8-20-21(10-19(14)29)33-11-32-20/h2-6,8-10,23-24H,7,11H2,1H3,(H,30,31). The first kappa shape index (κ1) is 21.3. The molecule has 2 atom stereocenters. The number of halogens is 3. The van der Waals surface area contributed by atoms with Crippen molar-refractivity contribution < 1.29 is 14.3 Å². The van der Waals surface area contributed by atoms with E-state index in [0.717, 1.165) is 48.0 Å². The molecule has 1 amide bonds. The summed E-state index contributed by atoms with van der Waals surface area (Å²) >= 11 is 13.9.